The molecule has 14 nitrogen and oxygen atoms in total. The van der Waals surface area contributed by atoms with E-state index in [4.69, 9.17) is 14.7 Å². The molecule has 2 aromatic heterocycles. The van der Waals surface area contributed by atoms with Gasteiger partial charge in [0.2, 0.25) is 0 Å². The van der Waals surface area contributed by atoms with E-state index in [1.807, 2.05) is 101 Å². The van der Waals surface area contributed by atoms with Gasteiger partial charge < -0.3 is 40.2 Å². The largest absolute Gasteiger partial charge is 0.465 e. The topological polar surface area (TPSA) is 186 Å². The van der Waals surface area contributed by atoms with Crippen LogP contribution < -0.4 is 10.6 Å². The summed E-state index contributed by atoms with van der Waals surface area (Å²) in [5, 5.41) is 16.8. The Morgan fingerprint density at radius 2 is 1.31 bits per heavy atom. The molecule has 4 amide bonds. The number of imidazole rings is 2. The lowest BCUT2D eigenvalue weighted by atomic mass is 10.0. The van der Waals surface area contributed by atoms with Crippen LogP contribution in [0.15, 0.2) is 121 Å². The number of rotatable bonds is 9. The van der Waals surface area contributed by atoms with E-state index in [9.17, 15) is 24.3 Å². The number of carbonyl (C=O) groups is 4. The van der Waals surface area contributed by atoms with E-state index >= 15 is 0 Å². The van der Waals surface area contributed by atoms with Crippen molar-refractivity contribution in [3.63, 3.8) is 0 Å². The number of fused-ring (bicyclic) bond motifs is 5. The highest BCUT2D eigenvalue weighted by molar-refractivity contribution is 6.04. The molecule has 2 aliphatic heterocycles. The summed E-state index contributed by atoms with van der Waals surface area (Å²) in [5.74, 6) is 8.33. The Balaban J connectivity index is 0.788. The lowest BCUT2D eigenvalue weighted by molar-refractivity contribution is -0.136. The first kappa shape index (κ1) is 39.9. The average molecular weight is 865 g/mol. The van der Waals surface area contributed by atoms with Gasteiger partial charge in [0.1, 0.15) is 23.7 Å². The summed E-state index contributed by atoms with van der Waals surface area (Å²) in [7, 11) is 1.29. The fourth-order valence-corrected chi connectivity index (χ4v) is 10.1. The Labute approximate surface area is 373 Å². The van der Waals surface area contributed by atoms with Crippen LogP contribution in [0.3, 0.4) is 0 Å². The summed E-state index contributed by atoms with van der Waals surface area (Å²) in [6.07, 6.45) is 3.29. The van der Waals surface area contributed by atoms with Crippen LogP contribution in [0.5, 0.6) is 0 Å². The smallest absolute Gasteiger partial charge is 0.407 e. The summed E-state index contributed by atoms with van der Waals surface area (Å²) in [6.45, 7) is 0. The lowest BCUT2D eigenvalue weighted by Gasteiger charge is -2.30. The summed E-state index contributed by atoms with van der Waals surface area (Å²) in [6, 6.07) is 34.0. The minimum atomic E-state index is -1.25. The van der Waals surface area contributed by atoms with Crippen molar-refractivity contribution in [1.29, 1.82) is 0 Å². The predicted octanol–water partition coefficient (Wildman–Crippen LogP) is 7.94. The molecule has 2 saturated heterocycles. The summed E-state index contributed by atoms with van der Waals surface area (Å²) in [4.78, 5) is 72.9. The molecule has 0 spiro atoms. The quantitative estimate of drug-likeness (QED) is 0.0906. The number of benzene rings is 5. The van der Waals surface area contributed by atoms with Gasteiger partial charge in [-0.25, -0.2) is 19.6 Å². The second-order valence-corrected chi connectivity index (χ2v) is 17.4. The van der Waals surface area contributed by atoms with E-state index in [2.05, 4.69) is 32.4 Å². The number of H-pyrrole nitrogens is 2. The van der Waals surface area contributed by atoms with E-state index in [0.717, 1.165) is 69.9 Å². The molecule has 5 aromatic carbocycles. The third-order valence-corrected chi connectivity index (χ3v) is 13.5. The fraction of sp³-hybridized carbons (Fsp3) is 0.255. The Morgan fingerprint density at radius 3 is 1.94 bits per heavy atom. The van der Waals surface area contributed by atoms with Crippen LogP contribution >= 0.6 is 0 Å². The van der Waals surface area contributed by atoms with Gasteiger partial charge in [-0.3, -0.25) is 9.59 Å². The van der Waals surface area contributed by atoms with Gasteiger partial charge in [-0.15, -0.1) is 0 Å². The van der Waals surface area contributed by atoms with Gasteiger partial charge in [-0.2, -0.15) is 0 Å². The van der Waals surface area contributed by atoms with Gasteiger partial charge in [0.05, 0.1) is 42.1 Å². The van der Waals surface area contributed by atoms with E-state index in [-0.39, 0.29) is 36.0 Å². The van der Waals surface area contributed by atoms with Crippen LogP contribution in [0.25, 0.3) is 33.1 Å². The number of aromatic amines is 2. The maximum absolute atomic E-state index is 14.1. The van der Waals surface area contributed by atoms with Crippen molar-refractivity contribution in [2.24, 2.45) is 11.8 Å². The Bertz CT molecular complexity index is 3070. The standard InChI is InChI=1S/C51H44N8O6/c1-65-51(64)57-44(32-10-6-3-7-11-32)49(61)58-39-23-34(39)25-41(58)46-52-27-38(54-46)30-17-14-28(15-18-30)12-13-29-16-20-36-33(22-29)19-21-37-45(36)55-47(53-37)42-26-35-24-40(35)59(42)48(60)43(56-50(62)63)31-8-4-2-5-9-31/h2-11,14-22,27,34-35,39-44,56H,23-26H2,1H3,(H,52,54)(H,53,55)(H,57,64)(H,62,63)/t34-,35-,39-,40-,41+,42+,43-,44-/m1/s1. The molecule has 0 bridgehead atoms. The molecule has 4 heterocycles. The van der Waals surface area contributed by atoms with Crippen LogP contribution in [-0.4, -0.2) is 78.0 Å². The minimum Gasteiger partial charge on any atom is -0.465 e. The van der Waals surface area contributed by atoms with Crippen LogP contribution in [0.1, 0.15) is 83.8 Å². The highest BCUT2D eigenvalue weighted by atomic mass is 16.5. The molecular formula is C51H44N8O6. The molecule has 324 valence electrons. The van der Waals surface area contributed by atoms with Gasteiger partial charge in [-0.1, -0.05) is 96.8 Å². The molecule has 2 saturated carbocycles. The molecule has 7 aromatic rings. The number of piperidine rings is 2. The van der Waals surface area contributed by atoms with Crippen molar-refractivity contribution in [3.05, 3.63) is 155 Å². The predicted molar refractivity (Wildman–Crippen MR) is 241 cm³/mol. The number of alkyl carbamates (subject to hydrolysis) is 1. The molecule has 8 atom stereocenters. The second-order valence-electron chi connectivity index (χ2n) is 17.4. The van der Waals surface area contributed by atoms with Gasteiger partial charge in [-0.05, 0) is 89.9 Å². The van der Waals surface area contributed by atoms with Crippen molar-refractivity contribution >= 4 is 45.8 Å². The van der Waals surface area contributed by atoms with Crippen LogP contribution in [0.2, 0.25) is 0 Å². The SMILES string of the molecule is COC(=O)N[C@@H](C(=O)N1[C@@H]2C[C@@H]2C[C@H]1c1ncc(-c2ccc(C#Cc3ccc4c(ccc5[nH]c([C@@H]6C[C@H]7C[C@H]7N6C(=O)[C@H](NC(=O)O)c6ccccc6)nc54)c3)cc2)[nH]1)c1ccccc1. The summed E-state index contributed by atoms with van der Waals surface area (Å²) >= 11 is 0. The monoisotopic (exact) mass is 864 g/mol. The van der Waals surface area contributed by atoms with Crippen molar-refractivity contribution in [1.82, 2.24) is 40.4 Å². The van der Waals surface area contributed by atoms with Gasteiger partial charge in [0.15, 0.2) is 0 Å². The van der Waals surface area contributed by atoms with Crippen LogP contribution in [0, 0.1) is 23.7 Å². The van der Waals surface area contributed by atoms with Crippen molar-refractivity contribution in [2.75, 3.05) is 7.11 Å². The minimum absolute atomic E-state index is 0.0612. The zero-order chi connectivity index (χ0) is 44.3. The zero-order valence-electron chi connectivity index (χ0n) is 35.3. The van der Waals surface area contributed by atoms with Gasteiger partial charge >= 0.3 is 12.2 Å². The maximum atomic E-state index is 14.1. The van der Waals surface area contributed by atoms with E-state index in [0.29, 0.717) is 34.6 Å². The number of aromatic nitrogens is 4. The van der Waals surface area contributed by atoms with Gasteiger partial charge in [0, 0.05) is 28.6 Å². The molecule has 11 rings (SSSR count). The normalized spacial score (nSPS) is 22.3. The fourth-order valence-electron chi connectivity index (χ4n) is 10.1. The lowest BCUT2D eigenvalue weighted by Crippen LogP contribution is -2.44. The number of carbonyl (C=O) groups excluding carboxylic acids is 3. The number of likely N-dealkylation sites (tertiary alicyclic amines) is 2. The van der Waals surface area contributed by atoms with Crippen molar-refractivity contribution in [2.45, 2.75) is 61.9 Å². The first-order valence-electron chi connectivity index (χ1n) is 21.9. The number of carboxylic acid groups (broad SMARTS) is 1. The average Bonchev–Trinajstić information content (AvgIpc) is 3.95. The number of hydrogen-bond donors (Lipinski definition) is 5. The van der Waals surface area contributed by atoms with Crippen molar-refractivity contribution in [3.8, 4) is 23.1 Å². The number of hydrogen-bond acceptors (Lipinski definition) is 7. The number of methoxy groups -OCH3 is 1. The highest BCUT2D eigenvalue weighted by Crippen LogP contribution is 2.55. The van der Waals surface area contributed by atoms with Gasteiger partial charge in [0.25, 0.3) is 11.8 Å². The molecule has 2 aliphatic carbocycles. The Hall–Kier alpha value is -7.92. The Morgan fingerprint density at radius 1 is 0.708 bits per heavy atom. The third-order valence-electron chi connectivity index (χ3n) is 13.5. The molecule has 4 fully saturated rings. The molecule has 0 unspecified atom stereocenters. The van der Waals surface area contributed by atoms with E-state index in [1.165, 1.54) is 7.11 Å². The molecule has 14 heteroatoms. The molecule has 5 N–H and O–H groups in total. The summed E-state index contributed by atoms with van der Waals surface area (Å²) in [5.41, 5.74) is 6.43. The first-order valence-corrected chi connectivity index (χ1v) is 21.9. The highest BCUT2D eigenvalue weighted by Gasteiger charge is 2.57. The number of amides is 4. The zero-order valence-corrected chi connectivity index (χ0v) is 35.3. The number of ether oxygens (including phenoxy) is 1. The molecule has 65 heavy (non-hydrogen) atoms. The third kappa shape index (κ3) is 7.48. The van der Waals surface area contributed by atoms with E-state index < -0.39 is 24.3 Å². The van der Waals surface area contributed by atoms with Crippen LogP contribution in [0.4, 0.5) is 9.59 Å². The first-order chi connectivity index (χ1) is 31.7. The van der Waals surface area contributed by atoms with E-state index in [1.54, 1.807) is 30.5 Å². The number of nitrogens with one attached hydrogen (secondary N) is 4. The number of nitrogens with zero attached hydrogens (tertiary/aromatic N) is 4. The van der Waals surface area contributed by atoms with Crippen LogP contribution in [-0.2, 0) is 14.3 Å². The second kappa shape index (κ2) is 16.0. The molecular weight excluding hydrogens is 821 g/mol. The molecule has 4 aliphatic rings. The Kier molecular flexibility index (Phi) is 9.83. The summed E-state index contributed by atoms with van der Waals surface area (Å²) < 4.78 is 4.86. The molecule has 0 radical (unpaired) electrons. The maximum Gasteiger partial charge on any atom is 0.407 e. The van der Waals surface area contributed by atoms with Crippen molar-refractivity contribution < 1.29 is 29.0 Å².